The van der Waals surface area contributed by atoms with E-state index in [1.165, 1.54) is 10.6 Å². The van der Waals surface area contributed by atoms with Crippen molar-refractivity contribution in [3.05, 3.63) is 24.3 Å². The summed E-state index contributed by atoms with van der Waals surface area (Å²) in [4.78, 5) is 1.35. The van der Waals surface area contributed by atoms with Crippen LogP contribution >= 0.6 is 11.8 Å². The van der Waals surface area contributed by atoms with Crippen molar-refractivity contribution in [3.8, 4) is 0 Å². The Morgan fingerprint density at radius 2 is 2.19 bits per heavy atom. The number of anilines is 1. The molecule has 1 aromatic carbocycles. The van der Waals surface area contributed by atoms with E-state index in [0.717, 1.165) is 31.8 Å². The largest absolute Gasteiger partial charge is 0.382 e. The normalized spacial score (nSPS) is 17.3. The number of ether oxygens (including phenoxy) is 1. The standard InChI is InChI=1S/C13H19NOS/c1-2-16-13-5-3-4-12(10-13)14-11-6-8-15-9-7-11/h3-5,10-11,14H,2,6-9H2,1H3. The Bertz CT molecular complexity index is 323. The Morgan fingerprint density at radius 3 is 2.94 bits per heavy atom. The fourth-order valence-corrected chi connectivity index (χ4v) is 2.64. The lowest BCUT2D eigenvalue weighted by Gasteiger charge is -2.24. The SMILES string of the molecule is CCSc1cccc(NC2CCOCC2)c1. The third-order valence-electron chi connectivity index (χ3n) is 2.74. The van der Waals surface area contributed by atoms with Crippen molar-refractivity contribution < 1.29 is 4.74 Å². The molecule has 1 aliphatic rings. The van der Waals surface area contributed by atoms with Gasteiger partial charge >= 0.3 is 0 Å². The van der Waals surface area contributed by atoms with Crippen LogP contribution in [0.25, 0.3) is 0 Å². The van der Waals surface area contributed by atoms with Crippen molar-refractivity contribution in [1.82, 2.24) is 0 Å². The van der Waals surface area contributed by atoms with Gasteiger partial charge in [-0.2, -0.15) is 0 Å². The molecular formula is C13H19NOS. The maximum absolute atomic E-state index is 5.36. The van der Waals surface area contributed by atoms with Crippen molar-refractivity contribution in [2.24, 2.45) is 0 Å². The second-order valence-electron chi connectivity index (χ2n) is 3.99. The van der Waals surface area contributed by atoms with Crippen LogP contribution in [0.1, 0.15) is 19.8 Å². The zero-order valence-corrected chi connectivity index (χ0v) is 10.6. The first-order valence-electron chi connectivity index (χ1n) is 5.95. The molecule has 1 saturated heterocycles. The smallest absolute Gasteiger partial charge is 0.0485 e. The Morgan fingerprint density at radius 1 is 1.38 bits per heavy atom. The molecule has 0 saturated carbocycles. The molecule has 0 spiro atoms. The van der Waals surface area contributed by atoms with E-state index in [-0.39, 0.29) is 0 Å². The first-order valence-corrected chi connectivity index (χ1v) is 6.94. The summed E-state index contributed by atoms with van der Waals surface area (Å²) in [5, 5.41) is 3.59. The summed E-state index contributed by atoms with van der Waals surface area (Å²) in [7, 11) is 0. The molecule has 0 bridgehead atoms. The summed E-state index contributed by atoms with van der Waals surface area (Å²) >= 11 is 1.89. The molecule has 1 aliphatic heterocycles. The summed E-state index contributed by atoms with van der Waals surface area (Å²) < 4.78 is 5.36. The average molecular weight is 237 g/mol. The van der Waals surface area contributed by atoms with Gasteiger partial charge in [0.2, 0.25) is 0 Å². The molecule has 2 rings (SSSR count). The molecular weight excluding hydrogens is 218 g/mol. The fourth-order valence-electron chi connectivity index (χ4n) is 1.92. The van der Waals surface area contributed by atoms with Crippen LogP contribution in [0.5, 0.6) is 0 Å². The molecule has 0 aromatic heterocycles. The van der Waals surface area contributed by atoms with E-state index in [2.05, 4.69) is 36.5 Å². The maximum Gasteiger partial charge on any atom is 0.0485 e. The van der Waals surface area contributed by atoms with Crippen molar-refractivity contribution in [2.75, 3.05) is 24.3 Å². The van der Waals surface area contributed by atoms with Gasteiger partial charge in [0, 0.05) is 29.8 Å². The van der Waals surface area contributed by atoms with E-state index in [1.807, 2.05) is 11.8 Å². The van der Waals surface area contributed by atoms with Gasteiger partial charge in [-0.3, -0.25) is 0 Å². The molecule has 0 radical (unpaired) electrons. The molecule has 0 atom stereocenters. The Balaban J connectivity index is 1.94. The lowest BCUT2D eigenvalue weighted by molar-refractivity contribution is 0.0904. The van der Waals surface area contributed by atoms with Crippen LogP contribution in [0.3, 0.4) is 0 Å². The molecule has 88 valence electrons. The molecule has 1 N–H and O–H groups in total. The second kappa shape index (κ2) is 6.16. The molecule has 16 heavy (non-hydrogen) atoms. The van der Waals surface area contributed by atoms with Gasteiger partial charge in [0.15, 0.2) is 0 Å². The number of hydrogen-bond donors (Lipinski definition) is 1. The lowest BCUT2D eigenvalue weighted by atomic mass is 10.1. The summed E-state index contributed by atoms with van der Waals surface area (Å²) in [6.07, 6.45) is 2.23. The number of nitrogens with one attached hydrogen (secondary N) is 1. The van der Waals surface area contributed by atoms with Crippen LogP contribution in [0, 0.1) is 0 Å². The summed E-state index contributed by atoms with van der Waals surface area (Å²) in [6, 6.07) is 9.26. The van der Waals surface area contributed by atoms with Gasteiger partial charge in [-0.15, -0.1) is 11.8 Å². The summed E-state index contributed by atoms with van der Waals surface area (Å²) in [5.74, 6) is 1.13. The molecule has 1 aromatic rings. The van der Waals surface area contributed by atoms with Crippen LogP contribution in [0.15, 0.2) is 29.2 Å². The van der Waals surface area contributed by atoms with Gasteiger partial charge in [0.1, 0.15) is 0 Å². The van der Waals surface area contributed by atoms with Gasteiger partial charge in [0.25, 0.3) is 0 Å². The highest BCUT2D eigenvalue weighted by atomic mass is 32.2. The number of benzene rings is 1. The fraction of sp³-hybridized carbons (Fsp3) is 0.538. The van der Waals surface area contributed by atoms with Crippen molar-refractivity contribution in [1.29, 1.82) is 0 Å². The van der Waals surface area contributed by atoms with Crippen LogP contribution in [-0.2, 0) is 4.74 Å². The van der Waals surface area contributed by atoms with Crippen molar-refractivity contribution in [2.45, 2.75) is 30.7 Å². The zero-order chi connectivity index (χ0) is 11.2. The minimum absolute atomic E-state index is 0.579. The maximum atomic E-state index is 5.36. The van der Waals surface area contributed by atoms with Crippen LogP contribution in [-0.4, -0.2) is 25.0 Å². The van der Waals surface area contributed by atoms with Crippen LogP contribution in [0.4, 0.5) is 5.69 Å². The quantitative estimate of drug-likeness (QED) is 0.811. The highest BCUT2D eigenvalue weighted by Gasteiger charge is 2.13. The molecule has 2 nitrogen and oxygen atoms in total. The highest BCUT2D eigenvalue weighted by Crippen LogP contribution is 2.22. The lowest BCUT2D eigenvalue weighted by Crippen LogP contribution is -2.27. The first-order chi connectivity index (χ1) is 7.88. The van der Waals surface area contributed by atoms with Crippen molar-refractivity contribution in [3.63, 3.8) is 0 Å². The van der Waals surface area contributed by atoms with Gasteiger partial charge in [0.05, 0.1) is 0 Å². The Labute approximate surface area is 102 Å². The Hall–Kier alpha value is -0.670. The number of thioether (sulfide) groups is 1. The summed E-state index contributed by atoms with van der Waals surface area (Å²) in [6.45, 7) is 3.96. The van der Waals surface area contributed by atoms with Gasteiger partial charge in [-0.25, -0.2) is 0 Å². The predicted octanol–water partition coefficient (Wildman–Crippen LogP) is 3.39. The van der Waals surface area contributed by atoms with Crippen LogP contribution in [0.2, 0.25) is 0 Å². The number of hydrogen-bond acceptors (Lipinski definition) is 3. The van der Waals surface area contributed by atoms with E-state index in [9.17, 15) is 0 Å². The number of rotatable bonds is 4. The molecule has 0 unspecified atom stereocenters. The topological polar surface area (TPSA) is 21.3 Å². The van der Waals surface area contributed by atoms with Gasteiger partial charge in [-0.1, -0.05) is 13.0 Å². The molecule has 3 heteroatoms. The van der Waals surface area contributed by atoms with Gasteiger partial charge in [-0.05, 0) is 36.8 Å². The molecule has 1 heterocycles. The highest BCUT2D eigenvalue weighted by molar-refractivity contribution is 7.99. The summed E-state index contributed by atoms with van der Waals surface area (Å²) in [5.41, 5.74) is 1.24. The second-order valence-corrected chi connectivity index (χ2v) is 5.33. The Kier molecular flexibility index (Phi) is 4.55. The average Bonchev–Trinajstić information content (AvgIpc) is 2.31. The minimum Gasteiger partial charge on any atom is -0.382 e. The molecule has 0 aliphatic carbocycles. The molecule has 0 amide bonds. The van der Waals surface area contributed by atoms with Crippen molar-refractivity contribution >= 4 is 17.4 Å². The van der Waals surface area contributed by atoms with Crippen LogP contribution < -0.4 is 5.32 Å². The van der Waals surface area contributed by atoms with E-state index in [1.54, 1.807) is 0 Å². The van der Waals surface area contributed by atoms with Gasteiger partial charge < -0.3 is 10.1 Å². The van der Waals surface area contributed by atoms with E-state index in [4.69, 9.17) is 4.74 Å². The van der Waals surface area contributed by atoms with E-state index in [0.29, 0.717) is 6.04 Å². The predicted molar refractivity (Wildman–Crippen MR) is 70.3 cm³/mol. The third-order valence-corrected chi connectivity index (χ3v) is 3.61. The monoisotopic (exact) mass is 237 g/mol. The zero-order valence-electron chi connectivity index (χ0n) is 9.74. The van der Waals surface area contributed by atoms with E-state index < -0.39 is 0 Å². The molecule has 1 fully saturated rings. The van der Waals surface area contributed by atoms with E-state index >= 15 is 0 Å². The minimum atomic E-state index is 0.579. The third kappa shape index (κ3) is 3.42. The first kappa shape index (κ1) is 11.8.